The Morgan fingerprint density at radius 2 is 1.55 bits per heavy atom. The molecular formula is C35H36N8O4. The second-order valence-corrected chi connectivity index (χ2v) is 12.6. The van der Waals surface area contributed by atoms with Gasteiger partial charge in [0, 0.05) is 25.1 Å². The number of tetrazole rings is 1. The fraction of sp³-hybridized carbons (Fsp3) is 0.286. The number of H-pyrrole nitrogens is 1. The highest BCUT2D eigenvalue weighted by Gasteiger charge is 2.25. The van der Waals surface area contributed by atoms with Crippen molar-refractivity contribution < 1.29 is 9.53 Å². The van der Waals surface area contributed by atoms with Crippen LogP contribution in [0.2, 0.25) is 0 Å². The van der Waals surface area contributed by atoms with Gasteiger partial charge in [0.2, 0.25) is 5.82 Å². The average molecular weight is 633 g/mol. The monoisotopic (exact) mass is 632 g/mol. The third kappa shape index (κ3) is 6.67. The number of aromatic nitrogens is 8. The summed E-state index contributed by atoms with van der Waals surface area (Å²) in [7, 11) is 1.27. The van der Waals surface area contributed by atoms with Crippen molar-refractivity contribution in [2.24, 2.45) is 5.41 Å². The minimum absolute atomic E-state index is 0.146. The zero-order valence-electron chi connectivity index (χ0n) is 26.8. The molecule has 12 nitrogen and oxygen atoms in total. The van der Waals surface area contributed by atoms with E-state index in [1.807, 2.05) is 83.4 Å². The minimum Gasteiger partial charge on any atom is -0.468 e. The maximum absolute atomic E-state index is 14.2. The fourth-order valence-corrected chi connectivity index (χ4v) is 5.71. The second kappa shape index (κ2) is 13.0. The van der Waals surface area contributed by atoms with E-state index in [4.69, 9.17) is 9.72 Å². The van der Waals surface area contributed by atoms with Gasteiger partial charge in [-0.05, 0) is 39.3 Å². The van der Waals surface area contributed by atoms with Crippen LogP contribution < -0.4 is 11.2 Å². The predicted molar refractivity (Wildman–Crippen MR) is 178 cm³/mol. The first-order valence-corrected chi connectivity index (χ1v) is 15.4. The van der Waals surface area contributed by atoms with E-state index in [0.29, 0.717) is 31.0 Å². The van der Waals surface area contributed by atoms with E-state index in [1.54, 1.807) is 0 Å². The summed E-state index contributed by atoms with van der Waals surface area (Å²) < 4.78 is 9.26. The van der Waals surface area contributed by atoms with E-state index in [-0.39, 0.29) is 29.7 Å². The molecule has 6 rings (SSSR count). The number of carbonyl (C=O) groups excluding carboxylic acids is 1. The molecule has 1 N–H and O–H groups in total. The number of aromatic amines is 1. The Labute approximate surface area is 270 Å². The summed E-state index contributed by atoms with van der Waals surface area (Å²) in [5, 5.41) is 14.5. The van der Waals surface area contributed by atoms with Crippen LogP contribution in [0, 0.1) is 5.41 Å². The lowest BCUT2D eigenvalue weighted by molar-refractivity contribution is -0.141. The van der Waals surface area contributed by atoms with Gasteiger partial charge < -0.3 is 9.30 Å². The van der Waals surface area contributed by atoms with Crippen molar-refractivity contribution >= 4 is 17.1 Å². The zero-order valence-corrected chi connectivity index (χ0v) is 26.8. The molecule has 0 bridgehead atoms. The van der Waals surface area contributed by atoms with Gasteiger partial charge in [-0.25, -0.2) is 9.78 Å². The number of carbonyl (C=O) groups is 1. The Morgan fingerprint density at radius 3 is 2.21 bits per heavy atom. The van der Waals surface area contributed by atoms with Crippen molar-refractivity contribution in [2.75, 3.05) is 7.11 Å². The molecule has 47 heavy (non-hydrogen) atoms. The molecule has 0 spiro atoms. The molecule has 6 aromatic rings. The first kappa shape index (κ1) is 31.3. The third-order valence-electron chi connectivity index (χ3n) is 7.98. The van der Waals surface area contributed by atoms with E-state index in [9.17, 15) is 14.4 Å². The number of nitrogens with one attached hydrogen (secondary N) is 1. The number of ether oxygens (including phenoxy) is 1. The van der Waals surface area contributed by atoms with Gasteiger partial charge in [0.1, 0.15) is 12.4 Å². The van der Waals surface area contributed by atoms with Crippen LogP contribution in [-0.2, 0) is 42.0 Å². The number of esters is 1. The van der Waals surface area contributed by atoms with Crippen molar-refractivity contribution in [1.82, 2.24) is 39.3 Å². The maximum atomic E-state index is 14.2. The van der Waals surface area contributed by atoms with Gasteiger partial charge in [0.05, 0.1) is 7.11 Å². The summed E-state index contributed by atoms with van der Waals surface area (Å²) in [6, 6.07) is 25.5. The maximum Gasteiger partial charge on any atom is 0.333 e. The number of hydrogen-bond acceptors (Lipinski definition) is 8. The van der Waals surface area contributed by atoms with Gasteiger partial charge in [-0.3, -0.25) is 18.7 Å². The lowest BCUT2D eigenvalue weighted by Gasteiger charge is -2.19. The molecule has 3 aromatic carbocycles. The molecule has 0 fully saturated rings. The van der Waals surface area contributed by atoms with Crippen LogP contribution >= 0.6 is 0 Å². The third-order valence-corrected chi connectivity index (χ3v) is 7.98. The first-order chi connectivity index (χ1) is 22.6. The molecule has 0 aliphatic carbocycles. The molecule has 0 amide bonds. The van der Waals surface area contributed by atoms with Crippen molar-refractivity contribution in [1.29, 1.82) is 0 Å². The van der Waals surface area contributed by atoms with Crippen LogP contribution in [0.15, 0.2) is 88.5 Å². The van der Waals surface area contributed by atoms with Crippen LogP contribution in [0.1, 0.15) is 37.7 Å². The van der Waals surface area contributed by atoms with Crippen LogP contribution in [0.3, 0.4) is 0 Å². The molecule has 12 heteroatoms. The summed E-state index contributed by atoms with van der Waals surface area (Å²) in [6.45, 7) is 6.38. The van der Waals surface area contributed by atoms with Crippen molar-refractivity contribution in [3.63, 3.8) is 0 Å². The quantitative estimate of drug-likeness (QED) is 0.221. The number of nitrogens with zero attached hydrogens (tertiary/aromatic N) is 7. The smallest absolute Gasteiger partial charge is 0.333 e. The summed E-state index contributed by atoms with van der Waals surface area (Å²) in [6.07, 6.45) is 1.00. The van der Waals surface area contributed by atoms with Crippen molar-refractivity contribution in [2.45, 2.75) is 53.2 Å². The Kier molecular flexibility index (Phi) is 8.66. The Bertz CT molecular complexity index is 2140. The highest BCUT2D eigenvalue weighted by Crippen LogP contribution is 2.30. The van der Waals surface area contributed by atoms with E-state index >= 15 is 0 Å². The fourth-order valence-electron chi connectivity index (χ4n) is 5.71. The van der Waals surface area contributed by atoms with Gasteiger partial charge in [0.15, 0.2) is 11.2 Å². The first-order valence-electron chi connectivity index (χ1n) is 15.4. The topological polar surface area (TPSA) is 143 Å². The number of benzene rings is 3. The van der Waals surface area contributed by atoms with Crippen molar-refractivity contribution in [3.05, 3.63) is 117 Å². The van der Waals surface area contributed by atoms with Crippen LogP contribution in [0.4, 0.5) is 0 Å². The molecule has 0 atom stereocenters. The molecule has 0 radical (unpaired) electrons. The number of imidazole rings is 1. The zero-order chi connectivity index (χ0) is 33.1. The lowest BCUT2D eigenvalue weighted by Crippen LogP contribution is -2.42. The van der Waals surface area contributed by atoms with Crippen LogP contribution in [0.25, 0.3) is 33.7 Å². The molecule has 240 valence electrons. The number of hydrogen-bond donors (Lipinski definition) is 1. The van der Waals surface area contributed by atoms with Crippen LogP contribution in [0.5, 0.6) is 0 Å². The SMILES string of the molecule is COC(=O)Cn1c(=O)n(CCc2ccccc2)c(=O)c2c1nc(CC(C)(C)C)n2Cc1ccc(-c2ccccc2-c2nn[nH]n2)cc1. The molecule has 0 saturated carbocycles. The highest BCUT2D eigenvalue weighted by atomic mass is 16.5. The Balaban J connectivity index is 1.46. The van der Waals surface area contributed by atoms with E-state index < -0.39 is 17.2 Å². The molecule has 3 heterocycles. The van der Waals surface area contributed by atoms with Gasteiger partial charge in [-0.2, -0.15) is 5.21 Å². The van der Waals surface area contributed by atoms with Gasteiger partial charge in [-0.15, -0.1) is 10.2 Å². The minimum atomic E-state index is -0.606. The molecule has 3 aromatic heterocycles. The lowest BCUT2D eigenvalue weighted by atomic mass is 9.92. The Morgan fingerprint density at radius 1 is 0.851 bits per heavy atom. The largest absolute Gasteiger partial charge is 0.468 e. The highest BCUT2D eigenvalue weighted by molar-refractivity contribution is 5.80. The number of methoxy groups -OCH3 is 1. The van der Waals surface area contributed by atoms with Crippen LogP contribution in [-0.4, -0.2) is 52.4 Å². The second-order valence-electron chi connectivity index (χ2n) is 12.6. The molecule has 0 saturated heterocycles. The summed E-state index contributed by atoms with van der Waals surface area (Å²) >= 11 is 0. The summed E-state index contributed by atoms with van der Waals surface area (Å²) in [5.74, 6) is 0.545. The van der Waals surface area contributed by atoms with E-state index in [2.05, 4.69) is 41.4 Å². The molecular weight excluding hydrogens is 596 g/mol. The van der Waals surface area contributed by atoms with Gasteiger partial charge >= 0.3 is 11.7 Å². The van der Waals surface area contributed by atoms with E-state index in [1.165, 1.54) is 16.2 Å². The number of aryl methyl sites for hydroxylation is 1. The summed E-state index contributed by atoms with van der Waals surface area (Å²) in [5.41, 5.74) is 3.91. The normalized spacial score (nSPS) is 11.7. The molecule has 0 aliphatic heterocycles. The van der Waals surface area contributed by atoms with Gasteiger partial charge in [-0.1, -0.05) is 99.6 Å². The molecule has 0 aliphatic rings. The standard InChI is InChI=1S/C35H36N8O4/c1-35(2,3)20-28-36-32-30(33(45)41(19-18-23-10-6-5-7-11-23)34(46)43(32)22-29(44)47-4)42(28)21-24-14-16-25(17-15-24)26-12-8-9-13-27(26)31-37-39-40-38-31/h5-17H,18-22H2,1-4H3,(H,37,38,39,40). The predicted octanol–water partition coefficient (Wildman–Crippen LogP) is 4.26. The van der Waals surface area contributed by atoms with E-state index in [0.717, 1.165) is 27.8 Å². The Hall–Kier alpha value is -5.65. The van der Waals surface area contributed by atoms with Crippen molar-refractivity contribution in [3.8, 4) is 22.5 Å². The average Bonchev–Trinajstić information content (AvgIpc) is 3.72. The number of rotatable bonds is 10. The summed E-state index contributed by atoms with van der Waals surface area (Å²) in [4.78, 5) is 45.3. The van der Waals surface area contributed by atoms with Gasteiger partial charge in [0.25, 0.3) is 5.56 Å². The molecule has 0 unspecified atom stereocenters. The number of fused-ring (bicyclic) bond motifs is 1.